The number of aromatic nitrogens is 1. The summed E-state index contributed by atoms with van der Waals surface area (Å²) in [4.78, 5) is 0. The predicted molar refractivity (Wildman–Crippen MR) is 78.8 cm³/mol. The van der Waals surface area contributed by atoms with Crippen molar-refractivity contribution in [3.63, 3.8) is 0 Å². The molecule has 0 unspecified atom stereocenters. The van der Waals surface area contributed by atoms with Gasteiger partial charge >= 0.3 is 0 Å². The van der Waals surface area contributed by atoms with Crippen molar-refractivity contribution < 1.29 is 8.42 Å². The van der Waals surface area contributed by atoms with Gasteiger partial charge in [-0.1, -0.05) is 18.2 Å². The molecule has 0 aliphatic rings. The van der Waals surface area contributed by atoms with E-state index in [4.69, 9.17) is 0 Å². The van der Waals surface area contributed by atoms with Crippen molar-refractivity contribution >= 4 is 10.3 Å². The van der Waals surface area contributed by atoms with E-state index in [2.05, 4.69) is 0 Å². The molecule has 0 spiro atoms. The Morgan fingerprint density at radius 2 is 1.75 bits per heavy atom. The number of nitrogens with zero attached hydrogens (tertiary/aromatic N) is 1. The maximum atomic E-state index is 11.6. The van der Waals surface area contributed by atoms with Crippen LogP contribution in [0.3, 0.4) is 0 Å². The highest BCUT2D eigenvalue weighted by Crippen LogP contribution is 2.21. The molecule has 2 rings (SSSR count). The van der Waals surface area contributed by atoms with Gasteiger partial charge in [0, 0.05) is 6.42 Å². The highest BCUT2D eigenvalue weighted by molar-refractivity contribution is 7.63. The van der Waals surface area contributed by atoms with E-state index in [1.807, 2.05) is 32.9 Å². The fourth-order valence-electron chi connectivity index (χ4n) is 2.30. The van der Waals surface area contributed by atoms with Crippen molar-refractivity contribution in [1.82, 2.24) is 4.73 Å². The fourth-order valence-corrected chi connectivity index (χ4v) is 2.87. The minimum atomic E-state index is -2.54. The first kappa shape index (κ1) is 14.4. The van der Waals surface area contributed by atoms with Gasteiger partial charge in [-0.15, -0.1) is 0 Å². The molecule has 5 heteroatoms. The lowest BCUT2D eigenvalue weighted by Crippen LogP contribution is -2.02. The Labute approximate surface area is 119 Å². The third-order valence-corrected chi connectivity index (χ3v) is 4.38. The molecule has 0 radical (unpaired) electrons. The maximum Gasteiger partial charge on any atom is 0.238 e. The molecule has 0 aliphatic heterocycles. The zero-order valence-electron chi connectivity index (χ0n) is 11.7. The Balaban J connectivity index is 2.67. The zero-order valence-corrected chi connectivity index (χ0v) is 12.5. The van der Waals surface area contributed by atoms with Gasteiger partial charge in [-0.2, -0.15) is 8.42 Å². The van der Waals surface area contributed by atoms with Crippen LogP contribution in [0.5, 0.6) is 0 Å². The molecule has 4 nitrogen and oxygen atoms in total. The highest BCUT2D eigenvalue weighted by atomic mass is 32.2. The summed E-state index contributed by atoms with van der Waals surface area (Å²) in [6, 6.07) is 7.30. The quantitative estimate of drug-likeness (QED) is 0.799. The van der Waals surface area contributed by atoms with Gasteiger partial charge in [0.15, 0.2) is 4.64 Å². The molecule has 1 aromatic heterocycles. The molecular weight excluding hydrogens is 274 g/mol. The van der Waals surface area contributed by atoms with Crippen LogP contribution in [0.2, 0.25) is 0 Å². The molecular formula is C15H16NO3S-. The predicted octanol–water partition coefficient (Wildman–Crippen LogP) is 2.76. The van der Waals surface area contributed by atoms with E-state index in [0.717, 1.165) is 22.3 Å². The molecule has 106 valence electrons. The van der Waals surface area contributed by atoms with Crippen molar-refractivity contribution in [2.45, 2.75) is 27.2 Å². The molecule has 0 aliphatic carbocycles. The van der Waals surface area contributed by atoms with Crippen molar-refractivity contribution in [3.8, 4) is 0 Å². The first-order valence-corrected chi connectivity index (χ1v) is 7.35. The lowest BCUT2D eigenvalue weighted by atomic mass is 9.94. The summed E-state index contributed by atoms with van der Waals surface area (Å²) in [5, 5.41) is 11.6. The van der Waals surface area contributed by atoms with E-state index in [9.17, 15) is 13.6 Å². The number of hydrogen-bond acceptors (Lipinski definition) is 3. The highest BCUT2D eigenvalue weighted by Gasteiger charge is 2.08. The SMILES string of the molecule is Cc1ccc(C)c(Cc2cccn([O-])c2=S(=O)=O)c1C. The molecule has 0 amide bonds. The monoisotopic (exact) mass is 290 g/mol. The zero-order chi connectivity index (χ0) is 14.9. The average molecular weight is 290 g/mol. The molecule has 0 atom stereocenters. The minimum absolute atomic E-state index is 0.201. The van der Waals surface area contributed by atoms with Crippen LogP contribution in [0.1, 0.15) is 27.8 Å². The van der Waals surface area contributed by atoms with E-state index >= 15 is 0 Å². The topological polar surface area (TPSA) is 62.1 Å². The van der Waals surface area contributed by atoms with Crippen LogP contribution in [0.15, 0.2) is 30.5 Å². The first-order chi connectivity index (χ1) is 9.41. The van der Waals surface area contributed by atoms with Gasteiger partial charge in [-0.05, 0) is 60.9 Å². The van der Waals surface area contributed by atoms with Crippen molar-refractivity contribution in [2.75, 3.05) is 0 Å². The van der Waals surface area contributed by atoms with E-state index < -0.39 is 10.3 Å². The van der Waals surface area contributed by atoms with Crippen LogP contribution in [0.25, 0.3) is 0 Å². The van der Waals surface area contributed by atoms with E-state index in [-0.39, 0.29) is 4.64 Å². The molecule has 0 bridgehead atoms. The largest absolute Gasteiger partial charge is 0.805 e. The van der Waals surface area contributed by atoms with Crippen LogP contribution in [0, 0.1) is 30.6 Å². The summed E-state index contributed by atoms with van der Waals surface area (Å²) in [6.45, 7) is 6.02. The van der Waals surface area contributed by atoms with E-state index in [0.29, 0.717) is 16.7 Å². The molecule has 0 fully saturated rings. The summed E-state index contributed by atoms with van der Waals surface area (Å²) in [7, 11) is -2.54. The van der Waals surface area contributed by atoms with Crippen LogP contribution in [0.4, 0.5) is 0 Å². The molecule has 2 aromatic rings. The summed E-state index contributed by atoms with van der Waals surface area (Å²) < 4.78 is 22.7. The van der Waals surface area contributed by atoms with Gasteiger partial charge < -0.3 is 9.94 Å². The second-order valence-corrected chi connectivity index (χ2v) is 5.73. The summed E-state index contributed by atoms with van der Waals surface area (Å²) in [6.07, 6.45) is 1.64. The third-order valence-electron chi connectivity index (χ3n) is 3.62. The number of rotatable bonds is 2. The standard InChI is InChI=1S/C15H16NO3S/c1-10-6-7-11(2)14(12(10)3)9-13-5-4-8-16(17)15(13)20(18)19/h4-8H,9H2,1-3H3/q-1. The average Bonchev–Trinajstić information content (AvgIpc) is 2.39. The summed E-state index contributed by atoms with van der Waals surface area (Å²) in [5.74, 6) is 0. The number of aryl methyl sites for hydroxylation is 2. The van der Waals surface area contributed by atoms with Gasteiger partial charge in [0.2, 0.25) is 10.3 Å². The Morgan fingerprint density at radius 3 is 2.40 bits per heavy atom. The van der Waals surface area contributed by atoms with Gasteiger partial charge in [0.05, 0.1) is 0 Å². The smallest absolute Gasteiger partial charge is 0.238 e. The second-order valence-electron chi connectivity index (χ2n) is 4.88. The fraction of sp³-hybridized carbons (Fsp3) is 0.267. The lowest BCUT2D eigenvalue weighted by molar-refractivity contribution is 0.623. The molecule has 1 heterocycles. The van der Waals surface area contributed by atoms with Gasteiger partial charge in [-0.3, -0.25) is 0 Å². The van der Waals surface area contributed by atoms with E-state index in [1.54, 1.807) is 12.1 Å². The number of hydrogen-bond donors (Lipinski definition) is 0. The Bertz CT molecular complexity index is 825. The van der Waals surface area contributed by atoms with Crippen LogP contribution >= 0.6 is 0 Å². The van der Waals surface area contributed by atoms with Crippen molar-refractivity contribution in [3.05, 3.63) is 68.1 Å². The Kier molecular flexibility index (Phi) is 3.99. The van der Waals surface area contributed by atoms with Gasteiger partial charge in [-0.25, -0.2) is 0 Å². The molecule has 1 aromatic carbocycles. The van der Waals surface area contributed by atoms with Gasteiger partial charge in [0.1, 0.15) is 0 Å². The first-order valence-electron chi connectivity index (χ1n) is 6.27. The number of pyridine rings is 1. The minimum Gasteiger partial charge on any atom is -0.805 e. The van der Waals surface area contributed by atoms with Crippen molar-refractivity contribution in [2.24, 2.45) is 0 Å². The number of benzene rings is 1. The summed E-state index contributed by atoms with van der Waals surface area (Å²) >= 11 is 0. The third kappa shape index (κ3) is 2.63. The van der Waals surface area contributed by atoms with Crippen molar-refractivity contribution in [1.29, 1.82) is 0 Å². The van der Waals surface area contributed by atoms with E-state index in [1.165, 1.54) is 6.20 Å². The van der Waals surface area contributed by atoms with Crippen LogP contribution < -0.4 is 0 Å². The maximum absolute atomic E-state index is 11.6. The molecule has 0 saturated carbocycles. The molecule has 20 heavy (non-hydrogen) atoms. The second kappa shape index (κ2) is 5.54. The Hall–Kier alpha value is -2.01. The summed E-state index contributed by atoms with van der Waals surface area (Å²) in [5.41, 5.74) is 4.97. The molecule has 0 N–H and O–H groups in total. The van der Waals surface area contributed by atoms with Gasteiger partial charge in [0.25, 0.3) is 0 Å². The molecule has 0 saturated heterocycles. The normalized spacial score (nSPS) is 10.6. The van der Waals surface area contributed by atoms with Crippen LogP contribution in [-0.2, 0) is 16.7 Å². The Morgan fingerprint density at radius 1 is 1.10 bits per heavy atom. The lowest BCUT2D eigenvalue weighted by Gasteiger charge is -2.15. The van der Waals surface area contributed by atoms with Crippen LogP contribution in [-0.4, -0.2) is 13.1 Å².